The van der Waals surface area contributed by atoms with E-state index in [-0.39, 0.29) is 5.70 Å². The van der Waals surface area contributed by atoms with Crippen molar-refractivity contribution in [3.05, 3.63) is 107 Å². The Bertz CT molecular complexity index is 1170. The lowest BCUT2D eigenvalue weighted by atomic mass is 10.1. The zero-order chi connectivity index (χ0) is 23.8. The quantitative estimate of drug-likeness (QED) is 0.410. The third kappa shape index (κ3) is 6.64. The predicted octanol–water partition coefficient (Wildman–Crippen LogP) is 4.70. The standard InChI is InChI=1S/C27H26N2O4/c1-18-14-15-19(2)23(16-18)29-26(31)25(22-12-8-5-9-13-22)33-27(32)24(28-20(3)30)17-21-10-6-4-7-11-21/h4-17,25H,1-3H3,(H,28,30)(H,29,31)/b24-17-/t25-/m0/s1. The number of ether oxygens (including phenoxy) is 1. The van der Waals surface area contributed by atoms with Crippen molar-refractivity contribution < 1.29 is 19.1 Å². The Labute approximate surface area is 193 Å². The summed E-state index contributed by atoms with van der Waals surface area (Å²) in [5, 5.41) is 5.37. The molecule has 0 aliphatic rings. The molecule has 0 aromatic heterocycles. The molecule has 33 heavy (non-hydrogen) atoms. The number of esters is 1. The van der Waals surface area contributed by atoms with E-state index < -0.39 is 23.9 Å². The zero-order valence-electron chi connectivity index (χ0n) is 18.8. The van der Waals surface area contributed by atoms with Gasteiger partial charge in [0.05, 0.1) is 0 Å². The van der Waals surface area contributed by atoms with Gasteiger partial charge in [0.1, 0.15) is 5.70 Å². The molecule has 0 bridgehead atoms. The maximum absolute atomic E-state index is 13.2. The molecule has 168 valence electrons. The normalized spacial score (nSPS) is 11.9. The number of hydrogen-bond acceptors (Lipinski definition) is 4. The Balaban J connectivity index is 1.91. The van der Waals surface area contributed by atoms with E-state index in [1.165, 1.54) is 13.0 Å². The number of hydrogen-bond donors (Lipinski definition) is 2. The summed E-state index contributed by atoms with van der Waals surface area (Å²) in [7, 11) is 0. The van der Waals surface area contributed by atoms with Crippen LogP contribution in [-0.2, 0) is 19.1 Å². The highest BCUT2D eigenvalue weighted by Gasteiger charge is 2.27. The minimum absolute atomic E-state index is 0.0610. The molecule has 0 unspecified atom stereocenters. The lowest BCUT2D eigenvalue weighted by Gasteiger charge is -2.20. The Morgan fingerprint density at radius 1 is 0.879 bits per heavy atom. The van der Waals surface area contributed by atoms with Crippen molar-refractivity contribution in [1.29, 1.82) is 0 Å². The summed E-state index contributed by atoms with van der Waals surface area (Å²) in [5.74, 6) is -1.74. The monoisotopic (exact) mass is 442 g/mol. The first-order valence-corrected chi connectivity index (χ1v) is 10.5. The number of nitrogens with one attached hydrogen (secondary N) is 2. The van der Waals surface area contributed by atoms with Gasteiger partial charge in [0.15, 0.2) is 0 Å². The van der Waals surface area contributed by atoms with Crippen LogP contribution in [0.25, 0.3) is 6.08 Å². The fourth-order valence-electron chi connectivity index (χ4n) is 3.19. The van der Waals surface area contributed by atoms with Crippen LogP contribution in [0.3, 0.4) is 0 Å². The molecule has 1 atom stereocenters. The van der Waals surface area contributed by atoms with Crippen molar-refractivity contribution in [3.63, 3.8) is 0 Å². The Kier molecular flexibility index (Phi) is 7.76. The summed E-state index contributed by atoms with van der Waals surface area (Å²) in [6.07, 6.45) is 0.292. The first kappa shape index (κ1) is 23.5. The highest BCUT2D eigenvalue weighted by atomic mass is 16.5. The van der Waals surface area contributed by atoms with E-state index in [0.717, 1.165) is 11.1 Å². The van der Waals surface area contributed by atoms with Gasteiger partial charge in [0.2, 0.25) is 12.0 Å². The molecular formula is C27H26N2O4. The van der Waals surface area contributed by atoms with E-state index in [4.69, 9.17) is 4.74 Å². The molecule has 2 N–H and O–H groups in total. The van der Waals surface area contributed by atoms with Crippen LogP contribution in [0, 0.1) is 13.8 Å². The van der Waals surface area contributed by atoms with Gasteiger partial charge in [-0.2, -0.15) is 0 Å². The zero-order valence-corrected chi connectivity index (χ0v) is 18.8. The Morgan fingerprint density at radius 2 is 1.52 bits per heavy atom. The highest BCUT2D eigenvalue weighted by Crippen LogP contribution is 2.24. The minimum Gasteiger partial charge on any atom is -0.443 e. The van der Waals surface area contributed by atoms with Crippen molar-refractivity contribution in [1.82, 2.24) is 5.32 Å². The number of carbonyl (C=O) groups excluding carboxylic acids is 3. The molecule has 0 saturated carbocycles. The fraction of sp³-hybridized carbons (Fsp3) is 0.148. The van der Waals surface area contributed by atoms with Gasteiger partial charge in [-0.1, -0.05) is 72.8 Å². The molecule has 0 heterocycles. The molecule has 0 aliphatic carbocycles. The molecule has 3 aromatic rings. The fourth-order valence-corrected chi connectivity index (χ4v) is 3.19. The molecule has 6 nitrogen and oxygen atoms in total. The Hall–Kier alpha value is -4.19. The number of amides is 2. The van der Waals surface area contributed by atoms with E-state index in [9.17, 15) is 14.4 Å². The molecular weight excluding hydrogens is 416 g/mol. The largest absolute Gasteiger partial charge is 0.443 e. The molecule has 0 fully saturated rings. The van der Waals surface area contributed by atoms with Gasteiger partial charge >= 0.3 is 5.97 Å². The minimum atomic E-state index is -1.22. The van der Waals surface area contributed by atoms with Gasteiger partial charge in [0.25, 0.3) is 5.91 Å². The summed E-state index contributed by atoms with van der Waals surface area (Å²) in [6, 6.07) is 23.5. The van der Waals surface area contributed by atoms with Crippen molar-refractivity contribution >= 4 is 29.5 Å². The van der Waals surface area contributed by atoms with Gasteiger partial charge in [-0.15, -0.1) is 0 Å². The number of rotatable bonds is 7. The highest BCUT2D eigenvalue weighted by molar-refractivity contribution is 6.01. The summed E-state index contributed by atoms with van der Waals surface area (Å²) < 4.78 is 5.64. The second kappa shape index (κ2) is 10.9. The maximum atomic E-state index is 13.2. The Morgan fingerprint density at radius 3 is 2.15 bits per heavy atom. The lowest BCUT2D eigenvalue weighted by Crippen LogP contribution is -2.31. The average molecular weight is 443 g/mol. The number of anilines is 1. The van der Waals surface area contributed by atoms with Crippen LogP contribution in [-0.4, -0.2) is 17.8 Å². The third-order valence-electron chi connectivity index (χ3n) is 4.86. The van der Waals surface area contributed by atoms with Gasteiger partial charge in [0, 0.05) is 18.2 Å². The maximum Gasteiger partial charge on any atom is 0.355 e. The smallest absolute Gasteiger partial charge is 0.355 e. The SMILES string of the molecule is CC(=O)N/C(=C\c1ccccc1)C(=O)O[C@H](C(=O)Nc1cc(C)ccc1C)c1ccccc1. The molecule has 2 amide bonds. The van der Waals surface area contributed by atoms with E-state index in [0.29, 0.717) is 16.8 Å². The number of benzene rings is 3. The molecule has 3 rings (SSSR count). The molecule has 0 aliphatic heterocycles. The van der Waals surface area contributed by atoms with Crippen LogP contribution in [0.15, 0.2) is 84.6 Å². The summed E-state index contributed by atoms with van der Waals surface area (Å²) in [5.41, 5.74) is 3.66. The molecule has 6 heteroatoms. The van der Waals surface area contributed by atoms with Gasteiger partial charge in [-0.3, -0.25) is 9.59 Å². The number of aryl methyl sites for hydroxylation is 2. The van der Waals surface area contributed by atoms with Crippen LogP contribution >= 0.6 is 0 Å². The second-order valence-electron chi connectivity index (χ2n) is 7.65. The predicted molar refractivity (Wildman–Crippen MR) is 128 cm³/mol. The summed E-state index contributed by atoms with van der Waals surface area (Å²) in [4.78, 5) is 38.0. The van der Waals surface area contributed by atoms with Gasteiger partial charge < -0.3 is 15.4 Å². The van der Waals surface area contributed by atoms with Crippen molar-refractivity contribution in [2.45, 2.75) is 26.9 Å². The molecule has 0 saturated heterocycles. The topological polar surface area (TPSA) is 84.5 Å². The first-order chi connectivity index (χ1) is 15.8. The van der Waals surface area contributed by atoms with Crippen LogP contribution in [0.2, 0.25) is 0 Å². The molecule has 0 radical (unpaired) electrons. The van der Waals surface area contributed by atoms with E-state index in [2.05, 4.69) is 10.6 Å². The van der Waals surface area contributed by atoms with Crippen molar-refractivity contribution in [2.75, 3.05) is 5.32 Å². The van der Waals surface area contributed by atoms with Crippen LogP contribution in [0.1, 0.15) is 35.3 Å². The lowest BCUT2D eigenvalue weighted by molar-refractivity contribution is -0.151. The first-order valence-electron chi connectivity index (χ1n) is 10.5. The van der Waals surface area contributed by atoms with Crippen LogP contribution in [0.5, 0.6) is 0 Å². The number of carbonyl (C=O) groups is 3. The van der Waals surface area contributed by atoms with E-state index in [1.54, 1.807) is 36.4 Å². The average Bonchev–Trinajstić information content (AvgIpc) is 2.80. The third-order valence-corrected chi connectivity index (χ3v) is 4.86. The molecule has 3 aromatic carbocycles. The van der Waals surface area contributed by atoms with E-state index >= 15 is 0 Å². The second-order valence-corrected chi connectivity index (χ2v) is 7.65. The van der Waals surface area contributed by atoms with Crippen molar-refractivity contribution in [2.24, 2.45) is 0 Å². The summed E-state index contributed by atoms with van der Waals surface area (Å²) in [6.45, 7) is 5.11. The summed E-state index contributed by atoms with van der Waals surface area (Å²) >= 11 is 0. The van der Waals surface area contributed by atoms with Gasteiger partial charge in [-0.25, -0.2) is 4.79 Å². The van der Waals surface area contributed by atoms with Crippen LogP contribution < -0.4 is 10.6 Å². The van der Waals surface area contributed by atoms with Crippen molar-refractivity contribution in [3.8, 4) is 0 Å². The molecule has 0 spiro atoms. The van der Waals surface area contributed by atoms with Gasteiger partial charge in [-0.05, 0) is 42.7 Å². The van der Waals surface area contributed by atoms with E-state index in [1.807, 2.05) is 56.3 Å². The van der Waals surface area contributed by atoms with Crippen LogP contribution in [0.4, 0.5) is 5.69 Å².